The zero-order chi connectivity index (χ0) is 23.5. The van der Waals surface area contributed by atoms with Gasteiger partial charge in [0.25, 0.3) is 5.91 Å². The SMILES string of the molecule is C[Si](C)(C)CCOCN1C(=O)CCC(n2c(=O)n3c4c(c(I)ccc42)O[C@@H]2COC[C@@H]23)C1=O. The average molecular weight is 585 g/mol. The second-order valence-electron chi connectivity index (χ2n) is 10.1. The number of halogens is 1. The number of hydrogen-bond donors (Lipinski definition) is 0. The van der Waals surface area contributed by atoms with Crippen molar-refractivity contribution in [3.63, 3.8) is 0 Å². The Bertz CT molecular complexity index is 1190. The summed E-state index contributed by atoms with van der Waals surface area (Å²) in [6.45, 7) is 8.00. The van der Waals surface area contributed by atoms with Crippen molar-refractivity contribution in [1.29, 1.82) is 0 Å². The number of rotatable bonds is 6. The van der Waals surface area contributed by atoms with Crippen LogP contribution in [0, 0.1) is 3.57 Å². The first kappa shape index (κ1) is 23.1. The highest BCUT2D eigenvalue weighted by Crippen LogP contribution is 2.41. The predicted molar refractivity (Wildman–Crippen MR) is 132 cm³/mol. The molecule has 0 aliphatic carbocycles. The van der Waals surface area contributed by atoms with Crippen LogP contribution in [0.2, 0.25) is 25.7 Å². The van der Waals surface area contributed by atoms with Crippen LogP contribution in [0.4, 0.5) is 0 Å². The number of likely N-dealkylation sites (tertiary alicyclic amines) is 1. The van der Waals surface area contributed by atoms with Crippen molar-refractivity contribution in [1.82, 2.24) is 14.0 Å². The molecule has 11 heteroatoms. The number of imide groups is 1. The summed E-state index contributed by atoms with van der Waals surface area (Å²) < 4.78 is 21.7. The summed E-state index contributed by atoms with van der Waals surface area (Å²) in [7, 11) is -1.28. The van der Waals surface area contributed by atoms with E-state index in [1.165, 1.54) is 4.90 Å². The average Bonchev–Trinajstić information content (AvgIpc) is 3.32. The Morgan fingerprint density at radius 1 is 1.15 bits per heavy atom. The molecule has 2 saturated heterocycles. The van der Waals surface area contributed by atoms with Gasteiger partial charge in [-0.15, -0.1) is 0 Å². The van der Waals surface area contributed by atoms with Crippen molar-refractivity contribution in [2.75, 3.05) is 26.6 Å². The third-order valence-electron chi connectivity index (χ3n) is 6.59. The quantitative estimate of drug-likeness (QED) is 0.224. The van der Waals surface area contributed by atoms with Crippen molar-refractivity contribution in [3.05, 3.63) is 26.2 Å². The summed E-state index contributed by atoms with van der Waals surface area (Å²) in [5.41, 5.74) is 1.08. The van der Waals surface area contributed by atoms with Gasteiger partial charge >= 0.3 is 5.69 Å². The molecule has 2 fully saturated rings. The number of benzene rings is 1. The molecule has 3 aliphatic rings. The van der Waals surface area contributed by atoms with E-state index >= 15 is 0 Å². The van der Waals surface area contributed by atoms with Crippen molar-refractivity contribution >= 4 is 53.5 Å². The molecular weight excluding hydrogens is 557 g/mol. The topological polar surface area (TPSA) is 92.0 Å². The maximum atomic E-state index is 13.7. The molecule has 1 aromatic heterocycles. The third-order valence-corrected chi connectivity index (χ3v) is 9.14. The molecule has 0 radical (unpaired) electrons. The van der Waals surface area contributed by atoms with Crippen LogP contribution < -0.4 is 10.4 Å². The van der Waals surface area contributed by atoms with Gasteiger partial charge in [-0.2, -0.15) is 0 Å². The second-order valence-corrected chi connectivity index (χ2v) is 16.9. The van der Waals surface area contributed by atoms with E-state index in [2.05, 4.69) is 42.2 Å². The van der Waals surface area contributed by atoms with Gasteiger partial charge in [-0.05, 0) is 47.2 Å². The Balaban J connectivity index is 1.49. The number of amides is 2. The number of carbonyl (C=O) groups is 2. The highest BCUT2D eigenvalue weighted by atomic mass is 127. The molecule has 0 saturated carbocycles. The van der Waals surface area contributed by atoms with Crippen LogP contribution in [0.3, 0.4) is 0 Å². The highest BCUT2D eigenvalue weighted by molar-refractivity contribution is 14.1. The second kappa shape index (κ2) is 8.50. The first-order chi connectivity index (χ1) is 15.7. The number of piperidine rings is 1. The van der Waals surface area contributed by atoms with E-state index in [9.17, 15) is 14.4 Å². The van der Waals surface area contributed by atoms with Gasteiger partial charge in [0.2, 0.25) is 5.91 Å². The zero-order valence-corrected chi connectivity index (χ0v) is 22.2. The van der Waals surface area contributed by atoms with Gasteiger partial charge in [0.1, 0.15) is 30.4 Å². The maximum absolute atomic E-state index is 13.7. The van der Waals surface area contributed by atoms with Crippen LogP contribution in [0.25, 0.3) is 11.0 Å². The zero-order valence-electron chi connectivity index (χ0n) is 19.0. The van der Waals surface area contributed by atoms with Crippen LogP contribution in [0.5, 0.6) is 5.75 Å². The summed E-state index contributed by atoms with van der Waals surface area (Å²) in [5.74, 6) is 0.00893. The van der Waals surface area contributed by atoms with Crippen molar-refractivity contribution < 1.29 is 23.8 Å². The molecular formula is C22H28IN3O6Si. The standard InChI is InChI=1S/C22H28IN3O6Si/c1-33(2,3)9-8-30-12-24-18(27)7-6-15(21(24)28)25-14-5-4-13(23)20-19(14)26(22(25)29)16-10-31-11-17(16)32-20/h4-5,15-17H,6-12H2,1-3H3/t15?,16-,17+/m0/s1. The normalized spacial score (nSPS) is 25.0. The number of carbonyl (C=O) groups excluding carboxylic acids is 2. The molecule has 0 bridgehead atoms. The molecule has 0 spiro atoms. The van der Waals surface area contributed by atoms with Crippen LogP contribution in [-0.4, -0.2) is 66.6 Å². The Hall–Kier alpha value is -1.70. The highest BCUT2D eigenvalue weighted by Gasteiger charge is 2.43. The fraction of sp³-hybridized carbons (Fsp3) is 0.591. The number of hydrogen-bond acceptors (Lipinski definition) is 6. The molecule has 33 heavy (non-hydrogen) atoms. The Morgan fingerprint density at radius 3 is 2.70 bits per heavy atom. The van der Waals surface area contributed by atoms with E-state index in [1.54, 1.807) is 9.13 Å². The Kier molecular flexibility index (Phi) is 5.94. The molecule has 2 amide bonds. The van der Waals surface area contributed by atoms with Gasteiger partial charge in [-0.3, -0.25) is 23.6 Å². The van der Waals surface area contributed by atoms with E-state index in [0.717, 1.165) is 9.61 Å². The number of fused-ring (bicyclic) bond motifs is 2. The smallest absolute Gasteiger partial charge is 0.330 e. The lowest BCUT2D eigenvalue weighted by atomic mass is 10.0. The van der Waals surface area contributed by atoms with Gasteiger partial charge in [0.05, 0.1) is 22.3 Å². The lowest BCUT2D eigenvalue weighted by Crippen LogP contribution is -2.49. The molecule has 3 aliphatic heterocycles. The van der Waals surface area contributed by atoms with Gasteiger partial charge in [0, 0.05) is 21.1 Å². The first-order valence-electron chi connectivity index (χ1n) is 11.3. The fourth-order valence-electron chi connectivity index (χ4n) is 4.76. The molecule has 5 rings (SSSR count). The Labute approximate surface area is 206 Å². The van der Waals surface area contributed by atoms with E-state index in [0.29, 0.717) is 36.6 Å². The summed E-state index contributed by atoms with van der Waals surface area (Å²) in [5, 5.41) is 0. The number of nitrogens with zero attached hydrogens (tertiary/aromatic N) is 3. The number of ether oxygens (including phenoxy) is 3. The van der Waals surface area contributed by atoms with Crippen LogP contribution in [0.1, 0.15) is 24.9 Å². The molecule has 3 atom stereocenters. The summed E-state index contributed by atoms with van der Waals surface area (Å²) >= 11 is 2.20. The lowest BCUT2D eigenvalue weighted by Gasteiger charge is -2.31. The molecule has 1 unspecified atom stereocenters. The maximum Gasteiger partial charge on any atom is 0.330 e. The summed E-state index contributed by atoms with van der Waals surface area (Å²) in [6.07, 6.45) is 0.245. The fourth-order valence-corrected chi connectivity index (χ4v) is 6.08. The van der Waals surface area contributed by atoms with Crippen molar-refractivity contribution in [2.24, 2.45) is 0 Å². The van der Waals surface area contributed by atoms with Crippen molar-refractivity contribution in [3.8, 4) is 5.75 Å². The lowest BCUT2D eigenvalue weighted by molar-refractivity contribution is -0.157. The monoisotopic (exact) mass is 585 g/mol. The van der Waals surface area contributed by atoms with Crippen molar-refractivity contribution in [2.45, 2.75) is 56.7 Å². The largest absolute Gasteiger partial charge is 0.482 e. The summed E-state index contributed by atoms with van der Waals surface area (Å²) in [6, 6.07) is 3.71. The van der Waals surface area contributed by atoms with E-state index in [-0.39, 0.29) is 49.2 Å². The molecule has 9 nitrogen and oxygen atoms in total. The molecule has 178 valence electrons. The summed E-state index contributed by atoms with van der Waals surface area (Å²) in [4.78, 5) is 40.8. The molecule has 1 aromatic carbocycles. The minimum Gasteiger partial charge on any atom is -0.482 e. The Morgan fingerprint density at radius 2 is 1.94 bits per heavy atom. The van der Waals surface area contributed by atoms with Gasteiger partial charge < -0.3 is 14.2 Å². The molecule has 2 aromatic rings. The minimum absolute atomic E-state index is 0.0726. The number of aromatic nitrogens is 2. The molecule has 4 heterocycles. The van der Waals surface area contributed by atoms with E-state index in [1.807, 2.05) is 12.1 Å². The first-order valence-corrected chi connectivity index (χ1v) is 16.1. The minimum atomic E-state index is -1.28. The predicted octanol–water partition coefficient (Wildman–Crippen LogP) is 2.74. The van der Waals surface area contributed by atoms with E-state index in [4.69, 9.17) is 14.2 Å². The van der Waals surface area contributed by atoms with Gasteiger partial charge in [0.15, 0.2) is 5.75 Å². The molecule has 0 N–H and O–H groups in total. The third kappa shape index (κ3) is 3.96. The number of imidazole rings is 1. The van der Waals surface area contributed by atoms with Crippen LogP contribution in [-0.2, 0) is 19.1 Å². The van der Waals surface area contributed by atoms with Gasteiger partial charge in [-0.25, -0.2) is 4.79 Å². The van der Waals surface area contributed by atoms with Crippen LogP contribution in [0.15, 0.2) is 16.9 Å². The van der Waals surface area contributed by atoms with Crippen LogP contribution >= 0.6 is 22.6 Å². The van der Waals surface area contributed by atoms with E-state index < -0.39 is 14.1 Å². The van der Waals surface area contributed by atoms with Gasteiger partial charge in [-0.1, -0.05) is 19.6 Å².